The van der Waals surface area contributed by atoms with Gasteiger partial charge in [-0.2, -0.15) is 0 Å². The van der Waals surface area contributed by atoms with Crippen LogP contribution < -0.4 is 5.73 Å². The monoisotopic (exact) mass is 274 g/mol. The number of aromatic nitrogens is 1. The highest BCUT2D eigenvalue weighted by Crippen LogP contribution is 2.35. The van der Waals surface area contributed by atoms with E-state index in [-0.39, 0.29) is 5.91 Å². The average Bonchev–Trinajstić information content (AvgIpc) is 2.96. The van der Waals surface area contributed by atoms with Crippen LogP contribution in [0.3, 0.4) is 0 Å². The molecule has 0 fully saturated rings. The predicted octanol–water partition coefficient (Wildman–Crippen LogP) is 3.37. The van der Waals surface area contributed by atoms with Gasteiger partial charge >= 0.3 is 0 Å². The molecule has 0 aliphatic rings. The summed E-state index contributed by atoms with van der Waals surface area (Å²) in [4.78, 5) is 12.9. The molecule has 0 spiro atoms. The molecule has 3 nitrogen and oxygen atoms in total. The Kier molecular flexibility index (Phi) is 3.90. The van der Waals surface area contributed by atoms with E-state index in [4.69, 9.17) is 5.73 Å². The fourth-order valence-electron chi connectivity index (χ4n) is 2.53. The van der Waals surface area contributed by atoms with Crippen LogP contribution in [0.1, 0.15) is 28.7 Å². The number of nitrogens with zero attached hydrogens (tertiary/aromatic N) is 1. The van der Waals surface area contributed by atoms with Crippen LogP contribution in [0.25, 0.3) is 10.4 Å². The molecule has 0 aliphatic carbocycles. The summed E-state index contributed by atoms with van der Waals surface area (Å²) in [6.45, 7) is 8.52. The summed E-state index contributed by atoms with van der Waals surface area (Å²) in [5.41, 5.74) is 9.28. The van der Waals surface area contributed by atoms with Gasteiger partial charge in [0.1, 0.15) is 0 Å². The molecule has 0 aliphatic heterocycles. The Morgan fingerprint density at radius 3 is 2.79 bits per heavy atom. The molecule has 2 aromatic heterocycles. The second-order valence-electron chi connectivity index (χ2n) is 4.38. The largest absolute Gasteiger partial charge is 0.366 e. The number of allylic oxidation sites excluding steroid dienone is 1. The number of rotatable bonds is 5. The van der Waals surface area contributed by atoms with Gasteiger partial charge in [-0.15, -0.1) is 17.9 Å². The maximum absolute atomic E-state index is 11.8. The van der Waals surface area contributed by atoms with E-state index in [9.17, 15) is 4.79 Å². The molecule has 2 aromatic rings. The van der Waals surface area contributed by atoms with Crippen LogP contribution in [0.15, 0.2) is 30.2 Å². The number of amides is 1. The highest BCUT2D eigenvalue weighted by atomic mass is 32.1. The maximum atomic E-state index is 11.8. The minimum absolute atomic E-state index is 0.363. The van der Waals surface area contributed by atoms with E-state index < -0.39 is 0 Å². The highest BCUT2D eigenvalue weighted by molar-refractivity contribution is 7.13. The quantitative estimate of drug-likeness (QED) is 0.835. The second kappa shape index (κ2) is 5.45. The van der Waals surface area contributed by atoms with Gasteiger partial charge < -0.3 is 10.3 Å². The first-order chi connectivity index (χ1) is 9.11. The Balaban J connectivity index is 2.78. The molecule has 1 amide bonds. The molecule has 0 bridgehead atoms. The molecule has 100 valence electrons. The second-order valence-corrected chi connectivity index (χ2v) is 5.32. The third-order valence-corrected chi connectivity index (χ3v) is 4.18. The third-order valence-electron chi connectivity index (χ3n) is 3.29. The molecule has 0 saturated heterocycles. The van der Waals surface area contributed by atoms with Crippen LogP contribution in [0.4, 0.5) is 0 Å². The van der Waals surface area contributed by atoms with Crippen LogP contribution in [0.2, 0.25) is 0 Å². The topological polar surface area (TPSA) is 48.0 Å². The standard InChI is InChI=1S/C15H18N2OS/c1-4-8-17-10(3)13(15(16)18)14(11(17)5-2)12-7-6-9-19-12/h4,6-7,9H,1,5,8H2,2-3H3,(H2,16,18). The highest BCUT2D eigenvalue weighted by Gasteiger charge is 2.23. The van der Waals surface area contributed by atoms with Crippen LogP contribution >= 0.6 is 11.3 Å². The van der Waals surface area contributed by atoms with Gasteiger partial charge in [0.25, 0.3) is 5.91 Å². The summed E-state index contributed by atoms with van der Waals surface area (Å²) >= 11 is 1.63. The molecule has 2 N–H and O–H groups in total. The number of carbonyl (C=O) groups excluding carboxylic acids is 1. The zero-order chi connectivity index (χ0) is 14.0. The molecule has 0 unspecified atom stereocenters. The number of hydrogen-bond acceptors (Lipinski definition) is 2. The molecule has 2 heterocycles. The minimum atomic E-state index is -0.363. The number of nitrogens with two attached hydrogens (primary N) is 1. The summed E-state index contributed by atoms with van der Waals surface area (Å²) < 4.78 is 2.13. The smallest absolute Gasteiger partial charge is 0.251 e. The zero-order valence-corrected chi connectivity index (χ0v) is 12.1. The molecule has 19 heavy (non-hydrogen) atoms. The van der Waals surface area contributed by atoms with Gasteiger partial charge in [0.2, 0.25) is 0 Å². The van der Waals surface area contributed by atoms with E-state index in [1.54, 1.807) is 11.3 Å². The van der Waals surface area contributed by atoms with Crippen molar-refractivity contribution in [1.82, 2.24) is 4.57 Å². The molecule has 4 heteroatoms. The number of primary amides is 1. The zero-order valence-electron chi connectivity index (χ0n) is 11.3. The lowest BCUT2D eigenvalue weighted by Gasteiger charge is -2.08. The van der Waals surface area contributed by atoms with Gasteiger partial charge in [0, 0.05) is 28.4 Å². The predicted molar refractivity (Wildman–Crippen MR) is 80.6 cm³/mol. The summed E-state index contributed by atoms with van der Waals surface area (Å²) in [5, 5.41) is 2.01. The molecule has 0 atom stereocenters. The molecule has 0 radical (unpaired) electrons. The van der Waals surface area contributed by atoms with Crippen molar-refractivity contribution in [3.05, 3.63) is 47.1 Å². The molecular weight excluding hydrogens is 256 g/mol. The Hall–Kier alpha value is -1.81. The third kappa shape index (κ3) is 2.24. The summed E-state index contributed by atoms with van der Waals surface area (Å²) in [6.07, 6.45) is 2.70. The summed E-state index contributed by atoms with van der Waals surface area (Å²) in [6, 6.07) is 4.02. The van der Waals surface area contributed by atoms with Crippen LogP contribution in [0, 0.1) is 6.92 Å². The van der Waals surface area contributed by atoms with E-state index in [0.717, 1.165) is 28.2 Å². The van der Waals surface area contributed by atoms with Gasteiger partial charge in [-0.3, -0.25) is 4.79 Å². The molecule has 2 rings (SSSR count). The Morgan fingerprint density at radius 1 is 1.58 bits per heavy atom. The summed E-state index contributed by atoms with van der Waals surface area (Å²) in [7, 11) is 0. The van der Waals surface area contributed by atoms with Gasteiger partial charge in [-0.25, -0.2) is 0 Å². The van der Waals surface area contributed by atoms with Gasteiger partial charge in [-0.05, 0) is 24.8 Å². The first kappa shape index (κ1) is 13.6. The van der Waals surface area contributed by atoms with Crippen LogP contribution in [0.5, 0.6) is 0 Å². The van der Waals surface area contributed by atoms with Crippen molar-refractivity contribution >= 4 is 17.2 Å². The Morgan fingerprint density at radius 2 is 2.32 bits per heavy atom. The van der Waals surface area contributed by atoms with Crippen molar-refractivity contribution < 1.29 is 4.79 Å². The van der Waals surface area contributed by atoms with Crippen molar-refractivity contribution in [2.75, 3.05) is 0 Å². The van der Waals surface area contributed by atoms with Gasteiger partial charge in [0.05, 0.1) is 5.56 Å². The lowest BCUT2D eigenvalue weighted by Crippen LogP contribution is -2.13. The Bertz CT molecular complexity index is 609. The van der Waals surface area contributed by atoms with E-state index in [1.807, 2.05) is 30.5 Å². The van der Waals surface area contributed by atoms with Crippen molar-refractivity contribution in [2.24, 2.45) is 5.73 Å². The van der Waals surface area contributed by atoms with Crippen molar-refractivity contribution in [2.45, 2.75) is 26.8 Å². The Labute approximate surface area is 117 Å². The van der Waals surface area contributed by atoms with Crippen molar-refractivity contribution in [3.8, 4) is 10.4 Å². The van der Waals surface area contributed by atoms with E-state index in [1.165, 1.54) is 0 Å². The first-order valence-corrected chi connectivity index (χ1v) is 7.16. The number of carbonyl (C=O) groups is 1. The fraction of sp³-hybridized carbons (Fsp3) is 0.267. The minimum Gasteiger partial charge on any atom is -0.366 e. The first-order valence-electron chi connectivity index (χ1n) is 6.28. The van der Waals surface area contributed by atoms with E-state index in [2.05, 4.69) is 18.1 Å². The molecule has 0 aromatic carbocycles. The van der Waals surface area contributed by atoms with Crippen molar-refractivity contribution in [3.63, 3.8) is 0 Å². The number of hydrogen-bond donors (Lipinski definition) is 1. The van der Waals surface area contributed by atoms with E-state index >= 15 is 0 Å². The lowest BCUT2D eigenvalue weighted by atomic mass is 10.1. The lowest BCUT2D eigenvalue weighted by molar-refractivity contribution is 0.1000. The van der Waals surface area contributed by atoms with Crippen LogP contribution in [-0.2, 0) is 13.0 Å². The van der Waals surface area contributed by atoms with Crippen molar-refractivity contribution in [1.29, 1.82) is 0 Å². The molecular formula is C15H18N2OS. The maximum Gasteiger partial charge on any atom is 0.251 e. The SMILES string of the molecule is C=CCn1c(C)c(C(N)=O)c(-c2cccs2)c1CC. The molecule has 0 saturated carbocycles. The normalized spacial score (nSPS) is 10.6. The average molecular weight is 274 g/mol. The summed E-state index contributed by atoms with van der Waals surface area (Å²) in [5.74, 6) is -0.363. The van der Waals surface area contributed by atoms with E-state index in [0.29, 0.717) is 12.1 Å². The number of thiophene rings is 1. The van der Waals surface area contributed by atoms with Gasteiger partial charge in [-0.1, -0.05) is 19.1 Å². The van der Waals surface area contributed by atoms with Gasteiger partial charge in [0.15, 0.2) is 0 Å². The van der Waals surface area contributed by atoms with Crippen LogP contribution in [-0.4, -0.2) is 10.5 Å². The fourth-order valence-corrected chi connectivity index (χ4v) is 3.33.